The van der Waals surface area contributed by atoms with Crippen molar-refractivity contribution in [2.24, 2.45) is 53.3 Å². The van der Waals surface area contributed by atoms with E-state index in [9.17, 15) is 66.4 Å². The number of Topliss-reactive ketones (excluding diaryl/α,β-unsaturated/α-hetero) is 1. The minimum absolute atomic E-state index is 0.0427. The molecule has 0 aliphatic rings. The van der Waals surface area contributed by atoms with Gasteiger partial charge in [-0.1, -0.05) is 162 Å². The van der Waals surface area contributed by atoms with Crippen LogP contribution in [-0.4, -0.2) is 162 Å². The average molecular weight is 1740 g/mol. The largest absolute Gasteiger partial charge is 0.510 e. The number of methoxy groups -OCH3 is 1. The van der Waals surface area contributed by atoms with Gasteiger partial charge in [-0.2, -0.15) is 0 Å². The highest BCUT2D eigenvalue weighted by Crippen LogP contribution is 2.56. The molecule has 31 heteroatoms. The number of benzene rings is 2. The van der Waals surface area contributed by atoms with E-state index in [0.717, 1.165) is 49.3 Å². The zero-order valence-electron chi connectivity index (χ0n) is 78.5. The van der Waals surface area contributed by atoms with Gasteiger partial charge in [-0.15, -0.1) is 0 Å². The third-order valence-corrected chi connectivity index (χ3v) is 20.9. The Labute approximate surface area is 709 Å². The van der Waals surface area contributed by atoms with Gasteiger partial charge in [0.1, 0.15) is 24.1 Å². The maximum atomic E-state index is 12.9. The van der Waals surface area contributed by atoms with Gasteiger partial charge < -0.3 is 57.1 Å². The number of rotatable bonds is 37. The Balaban J connectivity index is -0.000000244. The number of allylic oxidation sites excluding steroid dienone is 2. The monoisotopic (exact) mass is 1740 g/mol. The van der Waals surface area contributed by atoms with Gasteiger partial charge in [0.25, 0.3) is 0 Å². The van der Waals surface area contributed by atoms with Crippen LogP contribution >= 0.6 is 22.6 Å². The highest BCUT2D eigenvalue weighted by Gasteiger charge is 2.41. The normalized spacial score (nSPS) is 13.7. The number of aryl methyl sites for hydroxylation is 1. The SMILES string of the molecule is CC(=O)/C=C/C(=O)OC(C)C(C)C.CC(=O)/C=C/C(=O)OCC(C)C.CC(=O)CC(C)C.CC(=O)NCC(C)C.CC(=O)OC(C)C(C)C.CCC(C)C.COC(=O)OC(C)OP(=O)(OC(C)OC(C)=O)OC(C)(C)C(C)C.COP(C)(=O)CCc1ccc(C(=O)OC(C)C(C)C)cc1.COP(C)(=O)Cc1ccc(C(=O)OCC(C)C)cc1. The molecule has 0 saturated carbocycles. The van der Waals surface area contributed by atoms with E-state index in [2.05, 4.69) is 44.7 Å². The molecule has 1 N–H and O–H groups in total. The summed E-state index contributed by atoms with van der Waals surface area (Å²) in [5.74, 6) is 1.19. The predicted octanol–water partition coefficient (Wildman–Crippen LogP) is 20.3. The van der Waals surface area contributed by atoms with E-state index >= 15 is 0 Å². The molecule has 0 heterocycles. The summed E-state index contributed by atoms with van der Waals surface area (Å²) >= 11 is 0. The molecule has 2 rings (SSSR count). The molecule has 2 aromatic carbocycles. The Morgan fingerprint density at radius 3 is 1.16 bits per heavy atom. The molecule has 0 saturated heterocycles. The first-order valence-corrected chi connectivity index (χ1v) is 45.9. The number of ketones is 3. The number of amides is 1. The van der Waals surface area contributed by atoms with Crippen molar-refractivity contribution in [1.29, 1.82) is 0 Å². The third kappa shape index (κ3) is 81.3. The van der Waals surface area contributed by atoms with Crippen molar-refractivity contribution in [3.63, 3.8) is 0 Å². The summed E-state index contributed by atoms with van der Waals surface area (Å²) in [5, 5.41) is 2.71. The zero-order chi connectivity index (χ0) is 93.8. The molecule has 684 valence electrons. The lowest BCUT2D eigenvalue weighted by Crippen LogP contribution is -2.32. The second-order valence-electron chi connectivity index (χ2n) is 31.9. The zero-order valence-corrected chi connectivity index (χ0v) is 81.2. The molecule has 0 fully saturated rings. The van der Waals surface area contributed by atoms with Gasteiger partial charge in [-0.25, -0.2) is 37.6 Å². The molecule has 2 aromatic rings. The maximum Gasteiger partial charge on any atom is 0.510 e. The average Bonchev–Trinajstić information content (AvgIpc) is 0.824. The fraction of sp³-hybridized carbons (Fsp3) is 0.690. The lowest BCUT2D eigenvalue weighted by molar-refractivity contribution is -0.164. The number of phosphoric acid groups is 1. The van der Waals surface area contributed by atoms with Crippen molar-refractivity contribution in [2.75, 3.05) is 60.6 Å². The van der Waals surface area contributed by atoms with Crippen LogP contribution in [0.1, 0.15) is 266 Å². The molecule has 118 heavy (non-hydrogen) atoms. The van der Waals surface area contributed by atoms with Crippen LogP contribution in [0.2, 0.25) is 0 Å². The van der Waals surface area contributed by atoms with Crippen molar-refractivity contribution in [2.45, 2.75) is 283 Å². The van der Waals surface area contributed by atoms with Crippen molar-refractivity contribution < 1.29 is 127 Å². The summed E-state index contributed by atoms with van der Waals surface area (Å²) in [5.41, 5.74) is 2.07. The lowest BCUT2D eigenvalue weighted by Gasteiger charge is -2.34. The fourth-order valence-electron chi connectivity index (χ4n) is 6.70. The lowest BCUT2D eigenvalue weighted by atomic mass is 9.95. The summed E-state index contributed by atoms with van der Waals surface area (Å²) in [6.45, 7) is 63.4. The topological polar surface area (TPSA) is 371 Å². The third-order valence-electron chi connectivity index (χ3n) is 15.5. The standard InChI is InChI=1S/C16H25O4P.C14H27O9P.C14H21O4P.C10H16O3.C9H14O3.C7H14O2.C6H13NO.C6H12O.C5H12/c1-12(2)13(3)20-16(17)15-8-6-14(7-9-15)10-11-21(5,18)19-4;1-9(2)14(6,7)23-24(17,21-11(4)19-10(3)15)22-12(5)20-13(16)18-8;1-11(2)9-18-14(15)13-7-5-12(6-8-13)10-19(4,16)17-3;1-7(2)9(4)13-10(12)6-5-8(3)11;1-7(2)6-12-9(11)5-4-8(3)10;1-5(2)6(3)9-7(4)8;1-5(2)4-7-6(3)8;1-5(2)4-6(3)7;1-4-5(2)3/h6-9,12-13H,10-11H2,1-5H3;9,11-12H,1-8H3;5-8,11H,9-10H2,1-4H3;5-7,9H,1-4H3;4-5,7H,6H2,1-3H3;5-6H,1-4H3;5H,4H2,1-3H3,(H,7,8);5H,4H2,1-3H3;5H,4H2,1-3H3/b;;;6-5+;5-4+;;;;. The van der Waals surface area contributed by atoms with Gasteiger partial charge in [-0.05, 0) is 176 Å². The van der Waals surface area contributed by atoms with Gasteiger partial charge >= 0.3 is 49.8 Å². The minimum Gasteiger partial charge on any atom is -0.463 e. The molecular formula is C87H154NO27P3. The van der Waals surface area contributed by atoms with Crippen LogP contribution in [0.4, 0.5) is 4.79 Å². The number of hydrogen-bond donors (Lipinski definition) is 1. The first-order chi connectivity index (χ1) is 53.9. The van der Waals surface area contributed by atoms with Crippen molar-refractivity contribution in [3.8, 4) is 0 Å². The summed E-state index contributed by atoms with van der Waals surface area (Å²) in [7, 11) is -5.28. The molecule has 8 unspecified atom stereocenters. The molecule has 0 aromatic heterocycles. The second-order valence-corrected chi connectivity index (χ2v) is 38.9. The van der Waals surface area contributed by atoms with Gasteiger partial charge in [0.05, 0.1) is 37.1 Å². The number of phosphoric ester groups is 1. The molecule has 28 nitrogen and oxygen atoms in total. The van der Waals surface area contributed by atoms with Gasteiger partial charge in [-0.3, -0.25) is 37.6 Å². The van der Waals surface area contributed by atoms with Crippen LogP contribution in [0, 0.1) is 53.3 Å². The quantitative estimate of drug-likeness (QED) is 0.0216. The van der Waals surface area contributed by atoms with Crippen LogP contribution in [0.15, 0.2) is 72.8 Å². The minimum atomic E-state index is -4.24. The first-order valence-electron chi connectivity index (χ1n) is 40.0. The highest BCUT2D eigenvalue weighted by molar-refractivity contribution is 7.58. The van der Waals surface area contributed by atoms with E-state index in [0.29, 0.717) is 78.6 Å². The first kappa shape index (κ1) is 124. The van der Waals surface area contributed by atoms with E-state index in [1.807, 2.05) is 130 Å². The van der Waals surface area contributed by atoms with E-state index in [1.165, 1.54) is 81.3 Å². The fourth-order valence-corrected chi connectivity index (χ4v) is 10.3. The smallest absolute Gasteiger partial charge is 0.463 e. The van der Waals surface area contributed by atoms with Gasteiger partial charge in [0.2, 0.25) is 25.9 Å². The van der Waals surface area contributed by atoms with Crippen LogP contribution in [0.25, 0.3) is 0 Å². The predicted molar refractivity (Wildman–Crippen MR) is 466 cm³/mol. The molecular weight excluding hydrogens is 1580 g/mol. The molecule has 0 aliphatic heterocycles. The summed E-state index contributed by atoms with van der Waals surface area (Å²) in [6.07, 6.45) is 4.57. The van der Waals surface area contributed by atoms with Crippen LogP contribution < -0.4 is 5.32 Å². The van der Waals surface area contributed by atoms with E-state index in [-0.39, 0.29) is 71.3 Å². The van der Waals surface area contributed by atoms with Crippen LogP contribution in [0.5, 0.6) is 0 Å². The van der Waals surface area contributed by atoms with Crippen molar-refractivity contribution >= 4 is 87.8 Å². The summed E-state index contributed by atoms with van der Waals surface area (Å²) < 4.78 is 101. The molecule has 8 atom stereocenters. The van der Waals surface area contributed by atoms with Crippen molar-refractivity contribution in [3.05, 3.63) is 95.1 Å². The summed E-state index contributed by atoms with van der Waals surface area (Å²) in [4.78, 5) is 119. The molecule has 0 spiro atoms. The molecule has 0 aliphatic carbocycles. The number of nitrogens with one attached hydrogen (secondary N) is 1. The molecule has 0 bridgehead atoms. The van der Waals surface area contributed by atoms with Gasteiger partial charge in [0.15, 0.2) is 18.9 Å². The Morgan fingerprint density at radius 2 is 0.839 bits per heavy atom. The highest BCUT2D eigenvalue weighted by atomic mass is 31.2. The number of esters is 6. The maximum absolute atomic E-state index is 12.9. The molecule has 0 radical (unpaired) electrons. The number of hydrogen-bond acceptors (Lipinski definition) is 27. The Morgan fingerprint density at radius 1 is 0.449 bits per heavy atom. The molecule has 1 amide bonds. The number of carbonyl (C=O) groups excluding carboxylic acids is 11. The summed E-state index contributed by atoms with van der Waals surface area (Å²) in [6, 6.07) is 14.2. The Bertz CT molecular complexity index is 3370. The van der Waals surface area contributed by atoms with Crippen LogP contribution in [-0.2, 0) is 125 Å². The Kier molecular flexibility index (Phi) is 72.2. The number of carbonyl (C=O) groups is 11. The van der Waals surface area contributed by atoms with E-state index < -0.39 is 64.8 Å². The second kappa shape index (κ2) is 68.6. The van der Waals surface area contributed by atoms with Crippen molar-refractivity contribution in [1.82, 2.24) is 5.32 Å². The van der Waals surface area contributed by atoms with E-state index in [1.54, 1.807) is 70.5 Å². The van der Waals surface area contributed by atoms with Gasteiger partial charge in [0, 0.05) is 85.8 Å². The number of ether oxygens (including phenoxy) is 8. The van der Waals surface area contributed by atoms with Crippen LogP contribution in [0.3, 0.4) is 0 Å². The van der Waals surface area contributed by atoms with E-state index in [4.69, 9.17) is 55.8 Å². The Hall–Kier alpha value is -7.02.